The molecular weight excluding hydrogens is 336 g/mol. The molecule has 0 unspecified atom stereocenters. The third-order valence-electron chi connectivity index (χ3n) is 4.98. The van der Waals surface area contributed by atoms with Crippen LogP contribution in [0.25, 0.3) is 5.69 Å². The van der Waals surface area contributed by atoms with Crippen LogP contribution in [0.15, 0.2) is 30.6 Å². The molecule has 1 aromatic heterocycles. The SMILES string of the molecule is O=C(CN1C(=O)[C@@H]2CCCC[C@H]2C1=O)Nc1cccc(-n2cnnn2)c1. The molecule has 0 spiro atoms. The van der Waals surface area contributed by atoms with E-state index < -0.39 is 5.91 Å². The lowest BCUT2D eigenvalue weighted by atomic mass is 9.81. The summed E-state index contributed by atoms with van der Waals surface area (Å²) in [6.45, 7) is -0.250. The Morgan fingerprint density at radius 3 is 2.54 bits per heavy atom. The van der Waals surface area contributed by atoms with Crippen LogP contribution in [-0.2, 0) is 14.4 Å². The highest BCUT2D eigenvalue weighted by molar-refractivity contribution is 6.08. The minimum absolute atomic E-state index is 0.211. The van der Waals surface area contributed by atoms with E-state index in [1.807, 2.05) is 0 Å². The van der Waals surface area contributed by atoms with Gasteiger partial charge in [-0.15, -0.1) is 5.10 Å². The van der Waals surface area contributed by atoms with Crippen molar-refractivity contribution in [2.45, 2.75) is 25.7 Å². The number of tetrazole rings is 1. The number of hydrogen-bond donors (Lipinski definition) is 1. The van der Waals surface area contributed by atoms with Crippen molar-refractivity contribution in [3.8, 4) is 5.69 Å². The molecule has 9 heteroatoms. The van der Waals surface area contributed by atoms with E-state index >= 15 is 0 Å². The minimum atomic E-state index is -0.404. The molecular formula is C17H18N6O3. The zero-order valence-corrected chi connectivity index (χ0v) is 14.0. The topological polar surface area (TPSA) is 110 Å². The third kappa shape index (κ3) is 2.96. The van der Waals surface area contributed by atoms with Gasteiger partial charge in [-0.1, -0.05) is 18.9 Å². The summed E-state index contributed by atoms with van der Waals surface area (Å²) in [7, 11) is 0. The molecule has 1 saturated carbocycles. The summed E-state index contributed by atoms with van der Waals surface area (Å²) in [5.74, 6) is -1.31. The molecule has 2 heterocycles. The molecule has 2 fully saturated rings. The number of nitrogens with zero attached hydrogens (tertiary/aromatic N) is 5. The summed E-state index contributed by atoms with van der Waals surface area (Å²) in [6.07, 6.45) is 4.85. The Balaban J connectivity index is 1.44. The van der Waals surface area contributed by atoms with E-state index in [9.17, 15) is 14.4 Å². The average Bonchev–Trinajstić information content (AvgIpc) is 3.26. The molecule has 26 heavy (non-hydrogen) atoms. The molecule has 0 bridgehead atoms. The van der Waals surface area contributed by atoms with Crippen LogP contribution in [0.3, 0.4) is 0 Å². The number of carbonyl (C=O) groups is 3. The highest BCUT2D eigenvalue weighted by atomic mass is 16.2. The van der Waals surface area contributed by atoms with E-state index in [1.165, 1.54) is 11.0 Å². The van der Waals surface area contributed by atoms with Crippen LogP contribution in [0.5, 0.6) is 0 Å². The van der Waals surface area contributed by atoms with Crippen molar-refractivity contribution in [3.05, 3.63) is 30.6 Å². The maximum Gasteiger partial charge on any atom is 0.244 e. The molecule has 2 aliphatic rings. The van der Waals surface area contributed by atoms with Gasteiger partial charge in [0.05, 0.1) is 17.5 Å². The second-order valence-electron chi connectivity index (χ2n) is 6.61. The standard InChI is InChI=1S/C17H18N6O3/c24-15(9-22-16(25)13-6-1-2-7-14(13)17(22)26)19-11-4-3-5-12(8-11)23-10-18-20-21-23/h3-5,8,10,13-14H,1-2,6-7,9H2,(H,19,24)/t13-,14-/m1/s1. The zero-order chi connectivity index (χ0) is 18.1. The van der Waals surface area contributed by atoms with Crippen LogP contribution >= 0.6 is 0 Å². The van der Waals surface area contributed by atoms with Crippen LogP contribution in [0.1, 0.15) is 25.7 Å². The molecule has 0 radical (unpaired) electrons. The third-order valence-corrected chi connectivity index (χ3v) is 4.98. The van der Waals surface area contributed by atoms with E-state index in [0.29, 0.717) is 11.4 Å². The quantitative estimate of drug-likeness (QED) is 0.812. The first-order valence-electron chi connectivity index (χ1n) is 8.62. The van der Waals surface area contributed by atoms with Gasteiger partial charge in [0.25, 0.3) is 0 Å². The summed E-state index contributed by atoms with van der Waals surface area (Å²) in [4.78, 5) is 38.4. The number of fused-ring (bicyclic) bond motifs is 1. The van der Waals surface area contributed by atoms with Gasteiger partial charge >= 0.3 is 0 Å². The summed E-state index contributed by atoms with van der Waals surface area (Å²) in [6, 6.07) is 6.98. The van der Waals surface area contributed by atoms with Gasteiger partial charge in [-0.3, -0.25) is 19.3 Å². The van der Waals surface area contributed by atoms with E-state index in [1.54, 1.807) is 24.3 Å². The van der Waals surface area contributed by atoms with Gasteiger partial charge in [0, 0.05) is 5.69 Å². The summed E-state index contributed by atoms with van der Waals surface area (Å²) < 4.78 is 1.47. The number of carbonyl (C=O) groups excluding carboxylic acids is 3. The number of anilines is 1. The van der Waals surface area contributed by atoms with Gasteiger partial charge < -0.3 is 5.32 Å². The number of benzene rings is 1. The van der Waals surface area contributed by atoms with Crippen LogP contribution in [0.2, 0.25) is 0 Å². The van der Waals surface area contributed by atoms with E-state index in [4.69, 9.17) is 0 Å². The van der Waals surface area contributed by atoms with Crippen LogP contribution in [0.4, 0.5) is 5.69 Å². The average molecular weight is 354 g/mol. The first-order chi connectivity index (χ1) is 12.6. The maximum atomic E-state index is 12.4. The number of imide groups is 1. The Kier molecular flexibility index (Phi) is 4.19. The van der Waals surface area contributed by atoms with Crippen molar-refractivity contribution >= 4 is 23.4 Å². The molecule has 3 amide bonds. The number of amides is 3. The first-order valence-corrected chi connectivity index (χ1v) is 8.62. The van der Waals surface area contributed by atoms with E-state index in [0.717, 1.165) is 30.6 Å². The number of likely N-dealkylation sites (tertiary alicyclic amines) is 1. The van der Waals surface area contributed by atoms with Crippen molar-refractivity contribution in [2.24, 2.45) is 11.8 Å². The Bertz CT molecular complexity index is 826. The Labute approximate surface area is 149 Å². The molecule has 4 rings (SSSR count). The van der Waals surface area contributed by atoms with Gasteiger partial charge in [0.1, 0.15) is 12.9 Å². The van der Waals surface area contributed by atoms with Crippen LogP contribution in [0, 0.1) is 11.8 Å². The van der Waals surface area contributed by atoms with Gasteiger partial charge in [0.2, 0.25) is 17.7 Å². The second-order valence-corrected chi connectivity index (χ2v) is 6.61. The van der Waals surface area contributed by atoms with Crippen molar-refractivity contribution in [3.63, 3.8) is 0 Å². The first kappa shape index (κ1) is 16.4. The largest absolute Gasteiger partial charge is 0.324 e. The lowest BCUT2D eigenvalue weighted by Crippen LogP contribution is -2.38. The highest BCUT2D eigenvalue weighted by Gasteiger charge is 2.48. The second kappa shape index (κ2) is 6.66. The Hall–Kier alpha value is -3.10. The Morgan fingerprint density at radius 1 is 1.15 bits per heavy atom. The van der Waals surface area contributed by atoms with Gasteiger partial charge in [-0.2, -0.15) is 0 Å². The predicted molar refractivity (Wildman–Crippen MR) is 90.0 cm³/mol. The molecule has 1 aliphatic heterocycles. The van der Waals surface area contributed by atoms with Crippen molar-refractivity contribution in [1.82, 2.24) is 25.1 Å². The van der Waals surface area contributed by atoms with Crippen molar-refractivity contribution in [1.29, 1.82) is 0 Å². The van der Waals surface area contributed by atoms with Gasteiger partial charge in [0.15, 0.2) is 0 Å². The summed E-state index contributed by atoms with van der Waals surface area (Å²) >= 11 is 0. The molecule has 1 aliphatic carbocycles. The normalized spacial score (nSPS) is 22.4. The number of hydrogen-bond acceptors (Lipinski definition) is 6. The smallest absolute Gasteiger partial charge is 0.244 e. The minimum Gasteiger partial charge on any atom is -0.324 e. The fourth-order valence-electron chi connectivity index (χ4n) is 3.74. The van der Waals surface area contributed by atoms with Gasteiger partial charge in [-0.25, -0.2) is 4.68 Å². The molecule has 2 aromatic rings. The van der Waals surface area contributed by atoms with Crippen LogP contribution in [-0.4, -0.2) is 49.4 Å². The fraction of sp³-hybridized carbons (Fsp3) is 0.412. The van der Waals surface area contributed by atoms with Crippen molar-refractivity contribution < 1.29 is 14.4 Å². The molecule has 134 valence electrons. The lowest BCUT2D eigenvalue weighted by Gasteiger charge is -2.19. The van der Waals surface area contributed by atoms with Crippen molar-refractivity contribution in [2.75, 3.05) is 11.9 Å². The molecule has 1 N–H and O–H groups in total. The Morgan fingerprint density at radius 2 is 1.88 bits per heavy atom. The van der Waals surface area contributed by atoms with E-state index in [-0.39, 0.29) is 30.2 Å². The summed E-state index contributed by atoms with van der Waals surface area (Å²) in [5, 5.41) is 13.7. The number of rotatable bonds is 4. The lowest BCUT2D eigenvalue weighted by molar-refractivity contribution is -0.142. The van der Waals surface area contributed by atoms with Gasteiger partial charge in [-0.05, 0) is 41.5 Å². The number of nitrogens with one attached hydrogen (secondary N) is 1. The fourth-order valence-corrected chi connectivity index (χ4v) is 3.74. The predicted octanol–water partition coefficient (Wildman–Crippen LogP) is 0.776. The highest BCUT2D eigenvalue weighted by Crippen LogP contribution is 2.37. The summed E-state index contributed by atoms with van der Waals surface area (Å²) in [5.41, 5.74) is 1.23. The number of aromatic nitrogens is 4. The monoisotopic (exact) mass is 354 g/mol. The molecule has 1 aromatic carbocycles. The molecule has 1 saturated heterocycles. The molecule has 2 atom stereocenters. The molecule has 9 nitrogen and oxygen atoms in total. The zero-order valence-electron chi connectivity index (χ0n) is 14.0. The van der Waals surface area contributed by atoms with Crippen LogP contribution < -0.4 is 5.32 Å². The maximum absolute atomic E-state index is 12.4. The van der Waals surface area contributed by atoms with E-state index in [2.05, 4.69) is 20.8 Å².